The molecule has 25 heavy (non-hydrogen) atoms. The molecule has 0 bridgehead atoms. The van der Waals surface area contributed by atoms with Crippen molar-refractivity contribution in [3.05, 3.63) is 68.5 Å². The molecule has 0 saturated heterocycles. The van der Waals surface area contributed by atoms with Gasteiger partial charge in [0.25, 0.3) is 5.56 Å². The van der Waals surface area contributed by atoms with Crippen molar-refractivity contribution >= 4 is 0 Å². The third-order valence-electron chi connectivity index (χ3n) is 4.07. The maximum atomic E-state index is 12.4. The number of benzene rings is 1. The van der Waals surface area contributed by atoms with Gasteiger partial charge in [-0.05, 0) is 18.4 Å². The maximum absolute atomic E-state index is 12.4. The van der Waals surface area contributed by atoms with Crippen LogP contribution in [-0.4, -0.2) is 27.0 Å². The van der Waals surface area contributed by atoms with Gasteiger partial charge in [-0.2, -0.15) is 5.26 Å². The number of aliphatic hydroxyl groups excluding tert-OH is 1. The van der Waals surface area contributed by atoms with Crippen LogP contribution in [-0.2, 0) is 17.9 Å². The smallest absolute Gasteiger partial charge is 0.331 e. The highest BCUT2D eigenvalue weighted by Crippen LogP contribution is 2.33. The minimum Gasteiger partial charge on any atom is -0.389 e. The van der Waals surface area contributed by atoms with E-state index in [9.17, 15) is 14.7 Å². The van der Waals surface area contributed by atoms with E-state index >= 15 is 0 Å². The first kappa shape index (κ1) is 17.1. The summed E-state index contributed by atoms with van der Waals surface area (Å²) in [4.78, 5) is 24.7. The summed E-state index contributed by atoms with van der Waals surface area (Å²) in [7, 11) is 0. The van der Waals surface area contributed by atoms with E-state index in [0.717, 1.165) is 23.0 Å². The Labute approximate surface area is 144 Å². The summed E-state index contributed by atoms with van der Waals surface area (Å²) in [6.07, 6.45) is 2.00. The molecule has 1 saturated carbocycles. The molecular formula is C18H19N3O4. The van der Waals surface area contributed by atoms with Crippen LogP contribution in [0.2, 0.25) is 0 Å². The predicted molar refractivity (Wildman–Crippen MR) is 90.1 cm³/mol. The number of ether oxygens (including phenoxy) is 1. The van der Waals surface area contributed by atoms with Crippen molar-refractivity contribution in [3.63, 3.8) is 0 Å². The highest BCUT2D eigenvalue weighted by molar-refractivity contribution is 5.23. The van der Waals surface area contributed by atoms with Crippen molar-refractivity contribution in [2.75, 3.05) is 6.61 Å². The highest BCUT2D eigenvalue weighted by atomic mass is 16.5. The Kier molecular flexibility index (Phi) is 5.12. The van der Waals surface area contributed by atoms with Crippen molar-refractivity contribution in [1.29, 1.82) is 5.26 Å². The van der Waals surface area contributed by atoms with Gasteiger partial charge in [-0.1, -0.05) is 30.3 Å². The largest absolute Gasteiger partial charge is 0.389 e. The van der Waals surface area contributed by atoms with Crippen molar-refractivity contribution in [3.8, 4) is 6.07 Å². The van der Waals surface area contributed by atoms with Gasteiger partial charge in [-0.3, -0.25) is 13.9 Å². The zero-order chi connectivity index (χ0) is 17.8. The zero-order valence-electron chi connectivity index (χ0n) is 13.7. The molecule has 1 aliphatic rings. The van der Waals surface area contributed by atoms with Gasteiger partial charge in [0, 0.05) is 12.2 Å². The molecule has 0 unspecified atom stereocenters. The van der Waals surface area contributed by atoms with Crippen LogP contribution in [0, 0.1) is 11.3 Å². The molecule has 1 atom stereocenters. The van der Waals surface area contributed by atoms with Gasteiger partial charge in [0.2, 0.25) is 0 Å². The van der Waals surface area contributed by atoms with Gasteiger partial charge >= 0.3 is 5.69 Å². The lowest BCUT2D eigenvalue weighted by molar-refractivity contribution is 0.0191. The number of hydrogen-bond donors (Lipinski definition) is 1. The van der Waals surface area contributed by atoms with Crippen LogP contribution in [0.4, 0.5) is 0 Å². The molecule has 0 amide bonds. The molecule has 7 heteroatoms. The van der Waals surface area contributed by atoms with E-state index < -0.39 is 17.4 Å². The fourth-order valence-corrected chi connectivity index (χ4v) is 2.62. The number of hydrogen-bond acceptors (Lipinski definition) is 5. The van der Waals surface area contributed by atoms with E-state index in [0.29, 0.717) is 6.61 Å². The molecule has 0 aliphatic heterocycles. The fraction of sp³-hybridized carbons (Fsp3) is 0.389. The molecule has 1 N–H and O–H groups in total. The Morgan fingerprint density at radius 3 is 2.64 bits per heavy atom. The predicted octanol–water partition coefficient (Wildman–Crippen LogP) is 0.794. The first-order valence-electron chi connectivity index (χ1n) is 8.16. The monoisotopic (exact) mass is 341 g/mol. The van der Waals surface area contributed by atoms with Gasteiger partial charge in [0.1, 0.15) is 11.6 Å². The molecule has 1 fully saturated rings. The summed E-state index contributed by atoms with van der Waals surface area (Å²) in [5, 5.41) is 19.2. The van der Waals surface area contributed by atoms with Crippen molar-refractivity contribution in [2.45, 2.75) is 38.1 Å². The molecule has 1 aromatic heterocycles. The van der Waals surface area contributed by atoms with Crippen molar-refractivity contribution in [1.82, 2.24) is 9.13 Å². The molecule has 130 valence electrons. The first-order chi connectivity index (χ1) is 12.1. The van der Waals surface area contributed by atoms with E-state index in [1.807, 2.05) is 36.4 Å². The summed E-state index contributed by atoms with van der Waals surface area (Å²) in [6.45, 7) is 0.118. The van der Waals surface area contributed by atoms with Gasteiger partial charge < -0.3 is 9.84 Å². The number of nitriles is 1. The third kappa shape index (κ3) is 4.05. The average molecular weight is 341 g/mol. The Morgan fingerprint density at radius 1 is 1.28 bits per heavy atom. The van der Waals surface area contributed by atoms with Crippen molar-refractivity contribution < 1.29 is 9.84 Å². The number of nitrogens with zero attached hydrogens (tertiary/aromatic N) is 3. The molecule has 2 aromatic rings. The van der Waals surface area contributed by atoms with Crippen LogP contribution >= 0.6 is 0 Å². The standard InChI is InChI=1S/C18H19N3O4/c19-8-14-9-20(15-6-7-15)18(24)21(17(14)23)10-16(22)12-25-11-13-4-2-1-3-5-13/h1-5,9,15-16,22H,6-7,10-12H2/t16-/m1/s1. The Hall–Kier alpha value is -2.69. The van der Waals surface area contributed by atoms with Gasteiger partial charge in [0.05, 0.1) is 25.9 Å². The van der Waals surface area contributed by atoms with Gasteiger partial charge in [-0.25, -0.2) is 4.79 Å². The normalized spacial score (nSPS) is 14.9. The van der Waals surface area contributed by atoms with E-state index in [1.54, 1.807) is 0 Å². The number of aliphatic hydroxyl groups is 1. The summed E-state index contributed by atoms with van der Waals surface area (Å²) in [6, 6.07) is 11.3. The Morgan fingerprint density at radius 2 is 2.00 bits per heavy atom. The molecule has 1 aromatic carbocycles. The summed E-state index contributed by atoms with van der Waals surface area (Å²) in [5.41, 5.74) is -0.293. The van der Waals surface area contributed by atoms with Crippen LogP contribution < -0.4 is 11.2 Å². The van der Waals surface area contributed by atoms with Gasteiger partial charge in [0.15, 0.2) is 0 Å². The van der Waals surface area contributed by atoms with Crippen LogP contribution in [0.25, 0.3) is 0 Å². The third-order valence-corrected chi connectivity index (χ3v) is 4.07. The molecule has 1 heterocycles. The quantitative estimate of drug-likeness (QED) is 0.803. The second kappa shape index (κ2) is 7.47. The Bertz CT molecular complexity index is 891. The molecule has 3 rings (SSSR count). The van der Waals surface area contributed by atoms with Gasteiger partial charge in [-0.15, -0.1) is 0 Å². The zero-order valence-corrected chi connectivity index (χ0v) is 13.7. The number of aromatic nitrogens is 2. The van der Waals surface area contributed by atoms with E-state index in [4.69, 9.17) is 10.00 Å². The van der Waals surface area contributed by atoms with Crippen LogP contribution in [0.3, 0.4) is 0 Å². The fourth-order valence-electron chi connectivity index (χ4n) is 2.62. The highest BCUT2D eigenvalue weighted by Gasteiger charge is 2.27. The molecule has 0 radical (unpaired) electrons. The molecule has 0 spiro atoms. The first-order valence-corrected chi connectivity index (χ1v) is 8.16. The minimum absolute atomic E-state index is 0.0129. The lowest BCUT2D eigenvalue weighted by Gasteiger charge is -2.14. The SMILES string of the molecule is N#Cc1cn(C2CC2)c(=O)n(C[C@@H](O)COCc2ccccc2)c1=O. The van der Waals surface area contributed by atoms with Crippen molar-refractivity contribution in [2.24, 2.45) is 0 Å². The van der Waals surface area contributed by atoms with Crippen LogP contribution in [0.1, 0.15) is 30.0 Å². The lowest BCUT2D eigenvalue weighted by atomic mass is 10.2. The topological polar surface area (TPSA) is 97.2 Å². The summed E-state index contributed by atoms with van der Waals surface area (Å²) < 4.78 is 7.78. The maximum Gasteiger partial charge on any atom is 0.331 e. The second-order valence-electron chi connectivity index (χ2n) is 6.15. The number of rotatable bonds is 7. The molecular weight excluding hydrogens is 322 g/mol. The molecule has 1 aliphatic carbocycles. The van der Waals surface area contributed by atoms with Crippen LogP contribution in [0.5, 0.6) is 0 Å². The minimum atomic E-state index is -1.02. The average Bonchev–Trinajstić information content (AvgIpc) is 3.45. The summed E-state index contributed by atoms with van der Waals surface area (Å²) in [5.74, 6) is 0. The lowest BCUT2D eigenvalue weighted by Crippen LogP contribution is -2.43. The molecule has 7 nitrogen and oxygen atoms in total. The van der Waals surface area contributed by atoms with E-state index in [2.05, 4.69) is 0 Å². The van der Waals surface area contributed by atoms with Crippen LogP contribution in [0.15, 0.2) is 46.1 Å². The van der Waals surface area contributed by atoms with E-state index in [-0.39, 0.29) is 24.8 Å². The Balaban J connectivity index is 1.69. The van der Waals surface area contributed by atoms with E-state index in [1.165, 1.54) is 10.8 Å². The summed E-state index contributed by atoms with van der Waals surface area (Å²) >= 11 is 0. The second-order valence-corrected chi connectivity index (χ2v) is 6.15.